The standard InChI is InChI=1S/C17H26F/c1-2-3-4-5-6-7-8-9-10-12-16-13-11-14-17(18)15-16/h11,13,15H,2-10,12H2,1H3. The zero-order valence-corrected chi connectivity index (χ0v) is 11.7. The molecule has 0 aromatic heterocycles. The van der Waals surface area contributed by atoms with Gasteiger partial charge in [0.1, 0.15) is 5.82 Å². The third-order valence-corrected chi connectivity index (χ3v) is 3.40. The van der Waals surface area contributed by atoms with E-state index >= 15 is 0 Å². The SMILES string of the molecule is CCCCCCCCCCCc1cc[c]c(F)c1. The smallest absolute Gasteiger partial charge is 0.131 e. The fraction of sp³-hybridized carbons (Fsp3) is 0.647. The molecule has 101 valence electrons. The van der Waals surface area contributed by atoms with Gasteiger partial charge in [0, 0.05) is 6.07 Å². The highest BCUT2D eigenvalue weighted by atomic mass is 19.1. The van der Waals surface area contributed by atoms with E-state index in [0.717, 1.165) is 12.0 Å². The molecular formula is C17H26F. The van der Waals surface area contributed by atoms with Crippen molar-refractivity contribution in [2.24, 2.45) is 0 Å². The van der Waals surface area contributed by atoms with Crippen LogP contribution < -0.4 is 0 Å². The first-order chi connectivity index (χ1) is 8.83. The van der Waals surface area contributed by atoms with Crippen molar-refractivity contribution in [3.63, 3.8) is 0 Å². The Morgan fingerprint density at radius 1 is 0.944 bits per heavy atom. The van der Waals surface area contributed by atoms with Crippen LogP contribution in [-0.2, 0) is 6.42 Å². The number of unbranched alkanes of at least 4 members (excludes halogenated alkanes) is 8. The Morgan fingerprint density at radius 3 is 2.17 bits per heavy atom. The van der Waals surface area contributed by atoms with Gasteiger partial charge in [-0.3, -0.25) is 0 Å². The Morgan fingerprint density at radius 2 is 1.56 bits per heavy atom. The summed E-state index contributed by atoms with van der Waals surface area (Å²) in [5.74, 6) is -0.233. The van der Waals surface area contributed by atoms with Crippen LogP contribution in [0.5, 0.6) is 0 Å². The molecule has 1 radical (unpaired) electrons. The molecule has 0 heterocycles. The predicted octanol–water partition coefficient (Wildman–Crippen LogP) is 5.70. The summed E-state index contributed by atoms with van der Waals surface area (Å²) in [6, 6.07) is 7.79. The topological polar surface area (TPSA) is 0 Å². The van der Waals surface area contributed by atoms with E-state index in [2.05, 4.69) is 13.0 Å². The van der Waals surface area contributed by atoms with Gasteiger partial charge >= 0.3 is 0 Å². The van der Waals surface area contributed by atoms with Crippen LogP contribution in [0.4, 0.5) is 4.39 Å². The molecule has 0 unspecified atom stereocenters. The Kier molecular flexibility index (Phi) is 8.54. The van der Waals surface area contributed by atoms with E-state index in [1.54, 1.807) is 12.1 Å². The number of hydrogen-bond donors (Lipinski definition) is 0. The molecule has 0 aliphatic rings. The minimum atomic E-state index is -0.233. The molecule has 18 heavy (non-hydrogen) atoms. The minimum Gasteiger partial charge on any atom is -0.206 e. The second kappa shape index (κ2) is 10.1. The highest BCUT2D eigenvalue weighted by molar-refractivity contribution is 5.15. The van der Waals surface area contributed by atoms with Gasteiger partial charge in [0.2, 0.25) is 0 Å². The Balaban J connectivity index is 1.92. The summed E-state index contributed by atoms with van der Waals surface area (Å²) < 4.78 is 12.9. The molecule has 0 amide bonds. The third-order valence-electron chi connectivity index (χ3n) is 3.40. The van der Waals surface area contributed by atoms with Crippen molar-refractivity contribution in [3.05, 3.63) is 35.6 Å². The molecule has 0 atom stereocenters. The van der Waals surface area contributed by atoms with Gasteiger partial charge in [0.05, 0.1) is 0 Å². The van der Waals surface area contributed by atoms with E-state index in [0.29, 0.717) is 0 Å². The molecule has 0 N–H and O–H groups in total. The molecular weight excluding hydrogens is 223 g/mol. The number of aryl methyl sites for hydroxylation is 1. The summed E-state index contributed by atoms with van der Waals surface area (Å²) in [5, 5.41) is 0. The second-order valence-corrected chi connectivity index (χ2v) is 5.12. The maximum atomic E-state index is 12.9. The first kappa shape index (κ1) is 15.2. The summed E-state index contributed by atoms with van der Waals surface area (Å²) >= 11 is 0. The third kappa shape index (κ3) is 7.47. The van der Waals surface area contributed by atoms with Gasteiger partial charge in [0.25, 0.3) is 0 Å². The van der Waals surface area contributed by atoms with Crippen molar-refractivity contribution in [1.29, 1.82) is 0 Å². The molecule has 0 bridgehead atoms. The lowest BCUT2D eigenvalue weighted by molar-refractivity contribution is 0.564. The van der Waals surface area contributed by atoms with E-state index in [1.807, 2.05) is 6.07 Å². The maximum Gasteiger partial charge on any atom is 0.131 e. The van der Waals surface area contributed by atoms with E-state index < -0.39 is 0 Å². The molecule has 1 aromatic carbocycles. The average Bonchev–Trinajstić information content (AvgIpc) is 2.37. The molecule has 0 nitrogen and oxygen atoms in total. The maximum absolute atomic E-state index is 12.9. The summed E-state index contributed by atoms with van der Waals surface area (Å²) in [6.45, 7) is 2.25. The van der Waals surface area contributed by atoms with Gasteiger partial charge in [-0.15, -0.1) is 0 Å². The van der Waals surface area contributed by atoms with E-state index in [1.165, 1.54) is 57.8 Å². The molecule has 0 aliphatic carbocycles. The van der Waals surface area contributed by atoms with Crippen LogP contribution in [0, 0.1) is 11.9 Å². The Labute approximate surface area is 112 Å². The van der Waals surface area contributed by atoms with Crippen LogP contribution >= 0.6 is 0 Å². The van der Waals surface area contributed by atoms with Crippen molar-refractivity contribution >= 4 is 0 Å². The first-order valence-electron chi connectivity index (χ1n) is 7.49. The van der Waals surface area contributed by atoms with Crippen LogP contribution in [0.15, 0.2) is 18.2 Å². The average molecular weight is 249 g/mol. The Hall–Kier alpha value is -0.850. The van der Waals surface area contributed by atoms with E-state index in [4.69, 9.17) is 0 Å². The summed E-state index contributed by atoms with van der Waals surface area (Å²) in [6.07, 6.45) is 13.0. The lowest BCUT2D eigenvalue weighted by Gasteiger charge is -2.03. The summed E-state index contributed by atoms with van der Waals surface area (Å²) in [4.78, 5) is 0. The Bertz CT molecular complexity index is 306. The molecule has 1 heteroatoms. The fourth-order valence-electron chi connectivity index (χ4n) is 2.28. The normalized spacial score (nSPS) is 10.8. The highest BCUT2D eigenvalue weighted by Crippen LogP contribution is 2.12. The number of benzene rings is 1. The zero-order chi connectivity index (χ0) is 13.1. The number of rotatable bonds is 10. The van der Waals surface area contributed by atoms with Gasteiger partial charge in [-0.1, -0.05) is 70.4 Å². The second-order valence-electron chi connectivity index (χ2n) is 5.12. The summed E-state index contributed by atoms with van der Waals surface area (Å²) in [5.41, 5.74) is 1.11. The van der Waals surface area contributed by atoms with Crippen LogP contribution in [0.25, 0.3) is 0 Å². The quantitative estimate of drug-likeness (QED) is 0.467. The molecule has 0 saturated carbocycles. The van der Waals surface area contributed by atoms with E-state index in [-0.39, 0.29) is 5.82 Å². The molecule has 1 aromatic rings. The first-order valence-corrected chi connectivity index (χ1v) is 7.49. The van der Waals surface area contributed by atoms with Gasteiger partial charge in [0.15, 0.2) is 0 Å². The van der Waals surface area contributed by atoms with Crippen LogP contribution in [-0.4, -0.2) is 0 Å². The van der Waals surface area contributed by atoms with Gasteiger partial charge in [-0.25, -0.2) is 4.39 Å². The van der Waals surface area contributed by atoms with Crippen molar-refractivity contribution < 1.29 is 4.39 Å². The van der Waals surface area contributed by atoms with Crippen molar-refractivity contribution in [2.45, 2.75) is 71.1 Å². The predicted molar refractivity (Wildman–Crippen MR) is 76.2 cm³/mol. The molecule has 0 fully saturated rings. The summed E-state index contributed by atoms with van der Waals surface area (Å²) in [7, 11) is 0. The number of halogens is 1. The lowest BCUT2D eigenvalue weighted by atomic mass is 10.0. The van der Waals surface area contributed by atoms with Crippen molar-refractivity contribution in [1.82, 2.24) is 0 Å². The lowest BCUT2D eigenvalue weighted by Crippen LogP contribution is -1.87. The van der Waals surface area contributed by atoms with Crippen LogP contribution in [0.1, 0.15) is 70.3 Å². The zero-order valence-electron chi connectivity index (χ0n) is 11.7. The van der Waals surface area contributed by atoms with Gasteiger partial charge in [-0.2, -0.15) is 0 Å². The molecule has 0 saturated heterocycles. The highest BCUT2D eigenvalue weighted by Gasteiger charge is 1.96. The van der Waals surface area contributed by atoms with Crippen molar-refractivity contribution in [2.75, 3.05) is 0 Å². The molecule has 0 aliphatic heterocycles. The largest absolute Gasteiger partial charge is 0.206 e. The van der Waals surface area contributed by atoms with Gasteiger partial charge in [-0.05, 0) is 24.5 Å². The monoisotopic (exact) mass is 249 g/mol. The van der Waals surface area contributed by atoms with Crippen molar-refractivity contribution in [3.8, 4) is 0 Å². The van der Waals surface area contributed by atoms with E-state index in [9.17, 15) is 4.39 Å². The minimum absolute atomic E-state index is 0.233. The van der Waals surface area contributed by atoms with Gasteiger partial charge < -0.3 is 0 Å². The van der Waals surface area contributed by atoms with Crippen LogP contribution in [0.3, 0.4) is 0 Å². The molecule has 1 rings (SSSR count). The number of hydrogen-bond acceptors (Lipinski definition) is 0. The fourth-order valence-corrected chi connectivity index (χ4v) is 2.28. The van der Waals surface area contributed by atoms with Crippen LogP contribution in [0.2, 0.25) is 0 Å². The molecule has 0 spiro atoms.